The van der Waals surface area contributed by atoms with Gasteiger partial charge in [-0.05, 0) is 19.5 Å². The molecule has 0 aromatic carbocycles. The minimum Gasteiger partial charge on any atom is -0.351 e. The number of hydrogen-bond donors (Lipinski definition) is 1. The minimum atomic E-state index is -0.611. The molecule has 1 N–H and O–H groups in total. The Morgan fingerprint density at radius 2 is 2.19 bits per heavy atom. The van der Waals surface area contributed by atoms with E-state index in [1.807, 2.05) is 0 Å². The molecule has 0 saturated heterocycles. The van der Waals surface area contributed by atoms with Crippen LogP contribution in [0.25, 0.3) is 0 Å². The summed E-state index contributed by atoms with van der Waals surface area (Å²) in [7, 11) is 0. The van der Waals surface area contributed by atoms with Crippen LogP contribution in [0.4, 0.5) is 5.69 Å². The second-order valence-corrected chi connectivity index (χ2v) is 4.84. The maximum Gasteiger partial charge on any atom is 0.288 e. The Bertz CT molecular complexity index is 510. The third kappa shape index (κ3) is 5.28. The summed E-state index contributed by atoms with van der Waals surface area (Å²) in [5.41, 5.74) is -0.241. The van der Waals surface area contributed by atoms with Crippen LogP contribution in [0, 0.1) is 10.1 Å². The third-order valence-electron chi connectivity index (χ3n) is 2.98. The van der Waals surface area contributed by atoms with Crippen LogP contribution in [-0.4, -0.2) is 46.9 Å². The van der Waals surface area contributed by atoms with Crippen molar-refractivity contribution in [3.8, 4) is 0 Å². The summed E-state index contributed by atoms with van der Waals surface area (Å²) >= 11 is 5.81. The van der Waals surface area contributed by atoms with Crippen LogP contribution in [0.1, 0.15) is 30.6 Å². The number of nitro groups is 1. The topological polar surface area (TPSA) is 88.4 Å². The Morgan fingerprint density at radius 3 is 2.76 bits per heavy atom. The quantitative estimate of drug-likeness (QED) is 0.451. The van der Waals surface area contributed by atoms with Gasteiger partial charge in [0.25, 0.3) is 11.6 Å². The molecule has 0 bridgehead atoms. The highest BCUT2D eigenvalue weighted by Crippen LogP contribution is 2.18. The predicted molar refractivity (Wildman–Crippen MR) is 80.6 cm³/mol. The standard InChI is InChI=1S/C13H19ClN4O3/c1-3-6-17(4-2)7-5-15-13(19)11-8-10(18(20)21)9-16-12(11)14/h8-9H,3-7H2,1-2H3,(H,15,19). The lowest BCUT2D eigenvalue weighted by molar-refractivity contribution is -0.385. The number of likely N-dealkylation sites (N-methyl/N-ethyl adjacent to an activating group) is 1. The van der Waals surface area contributed by atoms with E-state index in [0.717, 1.165) is 38.3 Å². The molecular formula is C13H19ClN4O3. The highest BCUT2D eigenvalue weighted by atomic mass is 35.5. The molecule has 0 aliphatic carbocycles. The number of rotatable bonds is 8. The number of carbonyl (C=O) groups is 1. The number of carbonyl (C=O) groups excluding carboxylic acids is 1. The fraction of sp³-hybridized carbons (Fsp3) is 0.538. The Balaban J connectivity index is 2.63. The van der Waals surface area contributed by atoms with Crippen LogP contribution >= 0.6 is 11.6 Å². The van der Waals surface area contributed by atoms with Gasteiger partial charge in [-0.15, -0.1) is 0 Å². The summed E-state index contributed by atoms with van der Waals surface area (Å²) in [5.74, 6) is -0.455. The lowest BCUT2D eigenvalue weighted by Gasteiger charge is -2.19. The summed E-state index contributed by atoms with van der Waals surface area (Å²) in [5, 5.41) is 13.3. The molecule has 7 nitrogen and oxygen atoms in total. The van der Waals surface area contributed by atoms with E-state index in [1.54, 1.807) is 0 Å². The number of aromatic nitrogens is 1. The Kier molecular flexibility index (Phi) is 7.04. The van der Waals surface area contributed by atoms with E-state index in [9.17, 15) is 14.9 Å². The van der Waals surface area contributed by atoms with Crippen LogP contribution < -0.4 is 5.32 Å². The van der Waals surface area contributed by atoms with Gasteiger partial charge in [-0.25, -0.2) is 4.98 Å². The van der Waals surface area contributed by atoms with Gasteiger partial charge in [0.2, 0.25) is 0 Å². The van der Waals surface area contributed by atoms with Crippen molar-refractivity contribution in [1.29, 1.82) is 0 Å². The molecule has 1 amide bonds. The Hall–Kier alpha value is -1.73. The highest BCUT2D eigenvalue weighted by molar-refractivity contribution is 6.32. The number of hydrogen-bond acceptors (Lipinski definition) is 5. The molecule has 0 aliphatic rings. The predicted octanol–water partition coefficient (Wildman–Crippen LogP) is 2.10. The first-order valence-corrected chi connectivity index (χ1v) is 7.17. The van der Waals surface area contributed by atoms with Crippen molar-refractivity contribution >= 4 is 23.2 Å². The van der Waals surface area contributed by atoms with Crippen LogP contribution in [0.5, 0.6) is 0 Å². The highest BCUT2D eigenvalue weighted by Gasteiger charge is 2.16. The molecule has 1 rings (SSSR count). The van der Waals surface area contributed by atoms with Crippen LogP contribution in [0.15, 0.2) is 12.3 Å². The van der Waals surface area contributed by atoms with E-state index in [-0.39, 0.29) is 16.4 Å². The lowest BCUT2D eigenvalue weighted by atomic mass is 10.2. The molecule has 21 heavy (non-hydrogen) atoms. The number of halogens is 1. The van der Waals surface area contributed by atoms with Crippen molar-refractivity contribution in [3.63, 3.8) is 0 Å². The van der Waals surface area contributed by atoms with Crippen molar-refractivity contribution in [1.82, 2.24) is 15.2 Å². The third-order valence-corrected chi connectivity index (χ3v) is 3.28. The van der Waals surface area contributed by atoms with Crippen LogP contribution in [-0.2, 0) is 0 Å². The zero-order chi connectivity index (χ0) is 15.8. The van der Waals surface area contributed by atoms with Crippen molar-refractivity contribution < 1.29 is 9.72 Å². The minimum absolute atomic E-state index is 0.0180. The average molecular weight is 315 g/mol. The van der Waals surface area contributed by atoms with Gasteiger partial charge >= 0.3 is 0 Å². The monoisotopic (exact) mass is 314 g/mol. The van der Waals surface area contributed by atoms with Gasteiger partial charge in [-0.1, -0.05) is 25.4 Å². The SMILES string of the molecule is CCCN(CC)CCNC(=O)c1cc([N+](=O)[O-])cnc1Cl. The van der Waals surface area contributed by atoms with Gasteiger partial charge < -0.3 is 10.2 Å². The maximum atomic E-state index is 12.0. The Labute approximate surface area is 128 Å². The number of amides is 1. The van der Waals surface area contributed by atoms with Crippen LogP contribution in [0.3, 0.4) is 0 Å². The fourth-order valence-electron chi connectivity index (χ4n) is 1.86. The molecule has 116 valence electrons. The van der Waals surface area contributed by atoms with Gasteiger partial charge in [0.05, 0.1) is 10.5 Å². The van der Waals surface area contributed by atoms with Gasteiger partial charge in [0.1, 0.15) is 11.3 Å². The summed E-state index contributed by atoms with van der Waals surface area (Å²) in [6.45, 7) is 7.19. The number of pyridine rings is 1. The van der Waals surface area contributed by atoms with E-state index in [4.69, 9.17) is 11.6 Å². The van der Waals surface area contributed by atoms with Crippen molar-refractivity contribution in [2.75, 3.05) is 26.2 Å². The van der Waals surface area contributed by atoms with E-state index in [1.165, 1.54) is 0 Å². The first-order valence-electron chi connectivity index (χ1n) is 6.80. The van der Waals surface area contributed by atoms with E-state index in [2.05, 4.69) is 29.0 Å². The van der Waals surface area contributed by atoms with Gasteiger partial charge in [0.15, 0.2) is 0 Å². The summed E-state index contributed by atoms with van der Waals surface area (Å²) in [6, 6.07) is 1.13. The van der Waals surface area contributed by atoms with Crippen molar-refractivity contribution in [2.45, 2.75) is 20.3 Å². The van der Waals surface area contributed by atoms with E-state index >= 15 is 0 Å². The zero-order valence-electron chi connectivity index (χ0n) is 12.1. The molecule has 1 heterocycles. The molecular weight excluding hydrogens is 296 g/mol. The van der Waals surface area contributed by atoms with Gasteiger partial charge in [-0.2, -0.15) is 0 Å². The number of nitrogens with one attached hydrogen (secondary N) is 1. The average Bonchev–Trinajstić information content (AvgIpc) is 2.46. The molecule has 0 unspecified atom stereocenters. The van der Waals surface area contributed by atoms with Crippen molar-refractivity contribution in [2.24, 2.45) is 0 Å². The van der Waals surface area contributed by atoms with Gasteiger partial charge in [0, 0.05) is 19.2 Å². The second kappa shape index (κ2) is 8.53. The molecule has 1 aromatic heterocycles. The first kappa shape index (κ1) is 17.3. The van der Waals surface area contributed by atoms with E-state index < -0.39 is 10.8 Å². The second-order valence-electron chi connectivity index (χ2n) is 4.48. The smallest absolute Gasteiger partial charge is 0.288 e. The summed E-state index contributed by atoms with van der Waals surface area (Å²) < 4.78 is 0. The molecule has 0 spiro atoms. The normalized spacial score (nSPS) is 10.7. The summed E-state index contributed by atoms with van der Waals surface area (Å²) in [4.78, 5) is 27.9. The van der Waals surface area contributed by atoms with E-state index in [0.29, 0.717) is 6.54 Å². The molecule has 0 saturated carbocycles. The molecule has 8 heteroatoms. The van der Waals surface area contributed by atoms with Crippen LogP contribution in [0.2, 0.25) is 5.15 Å². The number of nitrogens with zero attached hydrogens (tertiary/aromatic N) is 3. The summed E-state index contributed by atoms with van der Waals surface area (Å²) in [6.07, 6.45) is 2.07. The maximum absolute atomic E-state index is 12.0. The molecule has 0 aliphatic heterocycles. The zero-order valence-corrected chi connectivity index (χ0v) is 12.9. The Morgan fingerprint density at radius 1 is 1.48 bits per heavy atom. The lowest BCUT2D eigenvalue weighted by Crippen LogP contribution is -2.35. The largest absolute Gasteiger partial charge is 0.351 e. The van der Waals surface area contributed by atoms with Crippen molar-refractivity contribution in [3.05, 3.63) is 33.1 Å². The molecule has 0 atom stereocenters. The van der Waals surface area contributed by atoms with Gasteiger partial charge in [-0.3, -0.25) is 14.9 Å². The molecule has 1 aromatic rings. The fourth-order valence-corrected chi connectivity index (χ4v) is 2.05. The molecule has 0 radical (unpaired) electrons. The first-order chi connectivity index (χ1) is 9.99. The molecule has 0 fully saturated rings.